The van der Waals surface area contributed by atoms with Gasteiger partial charge in [0, 0.05) is 24.8 Å². The number of anilines is 1. The van der Waals surface area contributed by atoms with Crippen molar-refractivity contribution < 1.29 is 5.11 Å². The van der Waals surface area contributed by atoms with E-state index in [1.807, 2.05) is 6.20 Å². The van der Waals surface area contributed by atoms with E-state index in [1.54, 1.807) is 0 Å². The number of likely N-dealkylation sites (tertiary alicyclic amines) is 1. The van der Waals surface area contributed by atoms with Crippen LogP contribution < -0.4 is 4.90 Å². The van der Waals surface area contributed by atoms with Crippen molar-refractivity contribution in [3.8, 4) is 0 Å². The Bertz CT molecular complexity index is 492. The van der Waals surface area contributed by atoms with E-state index in [0.717, 1.165) is 44.6 Å². The second-order valence-electron chi connectivity index (χ2n) is 7.33. The van der Waals surface area contributed by atoms with Gasteiger partial charge in [0.15, 0.2) is 0 Å². The lowest BCUT2D eigenvalue weighted by atomic mass is 9.83. The van der Waals surface area contributed by atoms with Crippen LogP contribution in [0, 0.1) is 0 Å². The number of piperidine rings is 1. The van der Waals surface area contributed by atoms with Crippen molar-refractivity contribution in [2.75, 3.05) is 31.6 Å². The summed E-state index contributed by atoms with van der Waals surface area (Å²) >= 11 is 0. The topological polar surface area (TPSA) is 39.6 Å². The average Bonchev–Trinajstić information content (AvgIpc) is 2.95. The highest BCUT2D eigenvalue weighted by molar-refractivity contribution is 5.45. The van der Waals surface area contributed by atoms with Crippen LogP contribution in [0.2, 0.25) is 0 Å². The summed E-state index contributed by atoms with van der Waals surface area (Å²) in [6.07, 6.45) is 6.05. The standard InChI is InChI=1S/C18H29N3O/c1-14(2)16-7-6-15(13-19-16)21-11-8-18(22,9-12-21)17-5-4-10-20(17)3/h6-7,13-14,17,22H,4-5,8-12H2,1-3H3. The molecule has 2 aliphatic heterocycles. The Morgan fingerprint density at radius 1 is 1.23 bits per heavy atom. The fourth-order valence-corrected chi connectivity index (χ4v) is 4.00. The zero-order chi connectivity index (χ0) is 15.7. The summed E-state index contributed by atoms with van der Waals surface area (Å²) in [7, 11) is 2.15. The highest BCUT2D eigenvalue weighted by atomic mass is 16.3. The number of rotatable bonds is 3. The SMILES string of the molecule is CC(C)c1ccc(N2CCC(O)(C3CCCN3C)CC2)cn1. The van der Waals surface area contributed by atoms with E-state index in [1.165, 1.54) is 12.1 Å². The molecule has 4 heteroatoms. The maximum absolute atomic E-state index is 11.0. The van der Waals surface area contributed by atoms with Gasteiger partial charge in [-0.3, -0.25) is 4.98 Å². The third kappa shape index (κ3) is 2.99. The molecule has 0 spiro atoms. The smallest absolute Gasteiger partial charge is 0.0835 e. The largest absolute Gasteiger partial charge is 0.388 e. The predicted molar refractivity (Wildman–Crippen MR) is 90.4 cm³/mol. The highest BCUT2D eigenvalue weighted by Crippen LogP contribution is 2.35. The lowest BCUT2D eigenvalue weighted by Crippen LogP contribution is -2.55. The van der Waals surface area contributed by atoms with Crippen LogP contribution >= 0.6 is 0 Å². The molecule has 0 aliphatic carbocycles. The minimum absolute atomic E-state index is 0.344. The molecule has 0 bridgehead atoms. The zero-order valence-electron chi connectivity index (χ0n) is 14.1. The number of hydrogen-bond donors (Lipinski definition) is 1. The van der Waals surface area contributed by atoms with Crippen molar-refractivity contribution in [1.29, 1.82) is 0 Å². The maximum atomic E-state index is 11.0. The number of likely N-dealkylation sites (N-methyl/N-ethyl adjacent to an activating group) is 1. The van der Waals surface area contributed by atoms with Gasteiger partial charge in [0.1, 0.15) is 0 Å². The summed E-state index contributed by atoms with van der Waals surface area (Å²) in [6, 6.07) is 4.65. The van der Waals surface area contributed by atoms with E-state index in [9.17, 15) is 5.11 Å². The van der Waals surface area contributed by atoms with Crippen LogP contribution in [0.3, 0.4) is 0 Å². The third-order valence-electron chi connectivity index (χ3n) is 5.50. The van der Waals surface area contributed by atoms with Crippen LogP contribution in [0.1, 0.15) is 51.1 Å². The molecular formula is C18H29N3O. The molecule has 3 heterocycles. The first-order valence-electron chi connectivity index (χ1n) is 8.63. The molecule has 4 nitrogen and oxygen atoms in total. The van der Waals surface area contributed by atoms with Crippen LogP contribution in [0.25, 0.3) is 0 Å². The number of pyridine rings is 1. The van der Waals surface area contributed by atoms with Crippen LogP contribution in [-0.4, -0.2) is 53.3 Å². The molecule has 2 aliphatic rings. The summed E-state index contributed by atoms with van der Waals surface area (Å²) in [5.41, 5.74) is 1.82. The van der Waals surface area contributed by atoms with Crippen molar-refractivity contribution in [2.45, 2.75) is 57.1 Å². The number of aromatic nitrogens is 1. The minimum atomic E-state index is -0.507. The molecule has 2 saturated heterocycles. The molecule has 1 unspecified atom stereocenters. The van der Waals surface area contributed by atoms with Gasteiger partial charge in [0.2, 0.25) is 0 Å². The molecule has 0 amide bonds. The summed E-state index contributed by atoms with van der Waals surface area (Å²) in [5, 5.41) is 11.0. The zero-order valence-corrected chi connectivity index (χ0v) is 14.1. The summed E-state index contributed by atoms with van der Waals surface area (Å²) in [5.74, 6) is 0.471. The molecule has 1 aromatic rings. The van der Waals surface area contributed by atoms with Crippen molar-refractivity contribution in [1.82, 2.24) is 9.88 Å². The Labute approximate surface area is 134 Å². The van der Waals surface area contributed by atoms with Gasteiger partial charge in [-0.15, -0.1) is 0 Å². The first-order valence-corrected chi connectivity index (χ1v) is 8.63. The van der Waals surface area contributed by atoms with Gasteiger partial charge >= 0.3 is 0 Å². The van der Waals surface area contributed by atoms with Crippen molar-refractivity contribution in [3.63, 3.8) is 0 Å². The molecule has 22 heavy (non-hydrogen) atoms. The second-order valence-corrected chi connectivity index (χ2v) is 7.33. The van der Waals surface area contributed by atoms with Crippen LogP contribution in [0.15, 0.2) is 18.3 Å². The minimum Gasteiger partial charge on any atom is -0.388 e. The van der Waals surface area contributed by atoms with Gasteiger partial charge < -0.3 is 14.9 Å². The third-order valence-corrected chi connectivity index (χ3v) is 5.50. The Kier molecular flexibility index (Phi) is 4.42. The maximum Gasteiger partial charge on any atom is 0.0835 e. The van der Waals surface area contributed by atoms with Crippen molar-refractivity contribution in [3.05, 3.63) is 24.0 Å². The summed E-state index contributed by atoms with van der Waals surface area (Å²) in [6.45, 7) is 7.30. The molecule has 1 N–H and O–H groups in total. The van der Waals surface area contributed by atoms with E-state index in [0.29, 0.717) is 12.0 Å². The summed E-state index contributed by atoms with van der Waals surface area (Å²) < 4.78 is 0. The first kappa shape index (κ1) is 15.8. The van der Waals surface area contributed by atoms with Crippen LogP contribution in [0.4, 0.5) is 5.69 Å². The van der Waals surface area contributed by atoms with Gasteiger partial charge in [0.05, 0.1) is 17.5 Å². The Morgan fingerprint density at radius 3 is 2.45 bits per heavy atom. The van der Waals surface area contributed by atoms with Crippen molar-refractivity contribution in [2.24, 2.45) is 0 Å². The fourth-order valence-electron chi connectivity index (χ4n) is 4.00. The fraction of sp³-hybridized carbons (Fsp3) is 0.722. The lowest BCUT2D eigenvalue weighted by molar-refractivity contribution is -0.0449. The lowest BCUT2D eigenvalue weighted by Gasteiger charge is -2.44. The number of hydrogen-bond acceptors (Lipinski definition) is 4. The van der Waals surface area contributed by atoms with E-state index in [4.69, 9.17) is 0 Å². The summed E-state index contributed by atoms with van der Waals surface area (Å²) in [4.78, 5) is 9.27. The normalized spacial score (nSPS) is 25.9. The predicted octanol–water partition coefficient (Wildman–Crippen LogP) is 2.63. The second kappa shape index (κ2) is 6.17. The molecule has 0 aromatic carbocycles. The Morgan fingerprint density at radius 2 is 1.95 bits per heavy atom. The average molecular weight is 303 g/mol. The van der Waals surface area contributed by atoms with E-state index in [2.05, 4.69) is 47.8 Å². The Hall–Kier alpha value is -1.13. The molecule has 2 fully saturated rings. The quantitative estimate of drug-likeness (QED) is 0.932. The molecule has 1 atom stereocenters. The number of nitrogens with zero attached hydrogens (tertiary/aromatic N) is 3. The Balaban J connectivity index is 1.63. The highest BCUT2D eigenvalue weighted by Gasteiger charge is 2.43. The monoisotopic (exact) mass is 303 g/mol. The van der Waals surface area contributed by atoms with Gasteiger partial charge in [0.25, 0.3) is 0 Å². The van der Waals surface area contributed by atoms with Gasteiger partial charge in [-0.05, 0) is 57.3 Å². The molecule has 3 rings (SSSR count). The van der Waals surface area contributed by atoms with E-state index >= 15 is 0 Å². The molecule has 0 radical (unpaired) electrons. The van der Waals surface area contributed by atoms with Gasteiger partial charge in [-0.2, -0.15) is 0 Å². The molecule has 0 saturated carbocycles. The van der Waals surface area contributed by atoms with Gasteiger partial charge in [-0.1, -0.05) is 13.8 Å². The first-order chi connectivity index (χ1) is 10.5. The van der Waals surface area contributed by atoms with Gasteiger partial charge in [-0.25, -0.2) is 0 Å². The molecule has 122 valence electrons. The number of aliphatic hydroxyl groups is 1. The van der Waals surface area contributed by atoms with Crippen molar-refractivity contribution >= 4 is 5.69 Å². The van der Waals surface area contributed by atoms with Crippen LogP contribution in [-0.2, 0) is 0 Å². The molecule has 1 aromatic heterocycles. The van der Waals surface area contributed by atoms with E-state index < -0.39 is 5.60 Å². The van der Waals surface area contributed by atoms with Crippen LogP contribution in [0.5, 0.6) is 0 Å². The van der Waals surface area contributed by atoms with E-state index in [-0.39, 0.29) is 0 Å². The molecular weight excluding hydrogens is 274 g/mol.